The first-order valence-corrected chi connectivity index (χ1v) is 3.62. The van der Waals surface area contributed by atoms with Crippen molar-refractivity contribution < 1.29 is 13.6 Å². The second-order valence-corrected chi connectivity index (χ2v) is 2.35. The van der Waals surface area contributed by atoms with Crippen LogP contribution in [-0.4, -0.2) is 17.4 Å². The molecule has 13 heavy (non-hydrogen) atoms. The highest BCUT2D eigenvalue weighted by Gasteiger charge is 2.21. The van der Waals surface area contributed by atoms with Gasteiger partial charge in [0.2, 0.25) is 5.91 Å². The van der Waals surface area contributed by atoms with Crippen molar-refractivity contribution in [1.82, 2.24) is 4.98 Å². The molecule has 0 saturated carbocycles. The van der Waals surface area contributed by atoms with E-state index in [0.717, 1.165) is 6.92 Å². The molecule has 0 N–H and O–H groups in total. The molecule has 0 aliphatic heterocycles. The fourth-order valence-electron chi connectivity index (χ4n) is 0.895. The van der Waals surface area contributed by atoms with Crippen LogP contribution >= 0.6 is 0 Å². The average molecular weight is 186 g/mol. The van der Waals surface area contributed by atoms with E-state index < -0.39 is 12.5 Å². The second-order valence-electron chi connectivity index (χ2n) is 2.35. The van der Waals surface area contributed by atoms with Gasteiger partial charge >= 0.3 is 6.55 Å². The number of aromatic nitrogens is 1. The fourth-order valence-corrected chi connectivity index (χ4v) is 0.895. The van der Waals surface area contributed by atoms with E-state index >= 15 is 0 Å². The molecule has 0 fully saturated rings. The van der Waals surface area contributed by atoms with Crippen LogP contribution in [0.5, 0.6) is 0 Å². The van der Waals surface area contributed by atoms with Crippen LogP contribution in [0, 0.1) is 0 Å². The minimum atomic E-state index is -2.85. The quantitative estimate of drug-likeness (QED) is 0.658. The van der Waals surface area contributed by atoms with Crippen molar-refractivity contribution in [3.8, 4) is 0 Å². The van der Waals surface area contributed by atoms with Crippen LogP contribution in [0.1, 0.15) is 6.92 Å². The third kappa shape index (κ3) is 2.21. The van der Waals surface area contributed by atoms with Gasteiger partial charge in [0.1, 0.15) is 5.82 Å². The topological polar surface area (TPSA) is 33.2 Å². The third-order valence-corrected chi connectivity index (χ3v) is 1.43. The van der Waals surface area contributed by atoms with Crippen LogP contribution in [0.25, 0.3) is 0 Å². The van der Waals surface area contributed by atoms with E-state index in [-0.39, 0.29) is 5.82 Å². The van der Waals surface area contributed by atoms with Crippen molar-refractivity contribution in [2.24, 2.45) is 0 Å². The Morgan fingerprint density at radius 1 is 1.54 bits per heavy atom. The molecule has 0 radical (unpaired) electrons. The Morgan fingerprint density at radius 2 is 2.23 bits per heavy atom. The number of hydrogen-bond donors (Lipinski definition) is 0. The van der Waals surface area contributed by atoms with Crippen molar-refractivity contribution in [2.75, 3.05) is 4.90 Å². The highest BCUT2D eigenvalue weighted by Crippen LogP contribution is 2.14. The van der Waals surface area contributed by atoms with Gasteiger partial charge < -0.3 is 0 Å². The van der Waals surface area contributed by atoms with E-state index in [1.807, 2.05) is 0 Å². The summed E-state index contributed by atoms with van der Waals surface area (Å²) >= 11 is 0. The van der Waals surface area contributed by atoms with E-state index in [4.69, 9.17) is 0 Å². The fraction of sp³-hybridized carbons (Fsp3) is 0.250. The molecule has 5 heteroatoms. The molecule has 0 aliphatic rings. The molecule has 0 atom stereocenters. The Morgan fingerprint density at radius 3 is 2.62 bits per heavy atom. The van der Waals surface area contributed by atoms with Gasteiger partial charge in [-0.15, -0.1) is 0 Å². The molecular formula is C8H8F2N2O. The zero-order chi connectivity index (χ0) is 9.84. The first-order valence-electron chi connectivity index (χ1n) is 3.62. The summed E-state index contributed by atoms with van der Waals surface area (Å²) < 4.78 is 24.6. The Bertz CT molecular complexity index is 289. The molecule has 3 nitrogen and oxygen atoms in total. The summed E-state index contributed by atoms with van der Waals surface area (Å²) in [6.07, 6.45) is 1.35. The number of carbonyl (C=O) groups excluding carboxylic acids is 1. The molecule has 1 aromatic rings. The molecule has 0 aromatic carbocycles. The molecular weight excluding hydrogens is 178 g/mol. The number of alkyl halides is 2. The summed E-state index contributed by atoms with van der Waals surface area (Å²) in [5.74, 6) is -0.765. The first-order chi connectivity index (χ1) is 6.13. The number of hydrogen-bond acceptors (Lipinski definition) is 2. The normalized spacial score (nSPS) is 10.2. The van der Waals surface area contributed by atoms with Gasteiger partial charge in [0.25, 0.3) is 0 Å². The van der Waals surface area contributed by atoms with Gasteiger partial charge in [-0.05, 0) is 12.1 Å². The summed E-state index contributed by atoms with van der Waals surface area (Å²) in [4.78, 5) is 14.8. The molecule has 0 spiro atoms. The average Bonchev–Trinajstić information content (AvgIpc) is 2.04. The third-order valence-electron chi connectivity index (χ3n) is 1.43. The maximum absolute atomic E-state index is 12.3. The van der Waals surface area contributed by atoms with E-state index in [1.54, 1.807) is 12.1 Å². The van der Waals surface area contributed by atoms with E-state index in [9.17, 15) is 13.6 Å². The second kappa shape index (κ2) is 3.93. The zero-order valence-corrected chi connectivity index (χ0v) is 6.95. The lowest BCUT2D eigenvalue weighted by Crippen LogP contribution is -2.34. The Labute approximate surface area is 74.0 Å². The lowest BCUT2D eigenvalue weighted by atomic mass is 10.4. The summed E-state index contributed by atoms with van der Waals surface area (Å²) in [6.45, 7) is -1.78. The molecule has 0 bridgehead atoms. The Kier molecular flexibility index (Phi) is 2.89. The molecule has 0 unspecified atom stereocenters. The van der Waals surface area contributed by atoms with Crippen LogP contribution in [-0.2, 0) is 4.79 Å². The molecule has 1 aromatic heterocycles. The van der Waals surface area contributed by atoms with Gasteiger partial charge in [-0.25, -0.2) is 9.88 Å². The van der Waals surface area contributed by atoms with Crippen LogP contribution < -0.4 is 4.90 Å². The monoisotopic (exact) mass is 186 g/mol. The van der Waals surface area contributed by atoms with E-state index in [0.29, 0.717) is 4.90 Å². The van der Waals surface area contributed by atoms with Crippen LogP contribution in [0.3, 0.4) is 0 Å². The minimum absolute atomic E-state index is 0.0370. The lowest BCUT2D eigenvalue weighted by Gasteiger charge is -2.17. The van der Waals surface area contributed by atoms with Gasteiger partial charge in [-0.2, -0.15) is 8.78 Å². The zero-order valence-electron chi connectivity index (χ0n) is 6.95. The standard InChI is InChI=1S/C8H8F2N2O/c1-6(13)12(8(9)10)7-4-2-3-5-11-7/h2-5,8H,1H3. The molecule has 70 valence electrons. The largest absolute Gasteiger partial charge is 0.322 e. The summed E-state index contributed by atoms with van der Waals surface area (Å²) in [6, 6.07) is 4.49. The summed E-state index contributed by atoms with van der Waals surface area (Å²) in [5, 5.41) is 0. The first kappa shape index (κ1) is 9.57. The van der Waals surface area contributed by atoms with E-state index in [1.165, 1.54) is 12.3 Å². The number of carbonyl (C=O) groups is 1. The van der Waals surface area contributed by atoms with Crippen LogP contribution in [0.2, 0.25) is 0 Å². The number of anilines is 1. The molecule has 1 amide bonds. The number of pyridine rings is 1. The number of nitrogens with zero attached hydrogens (tertiary/aromatic N) is 2. The van der Waals surface area contributed by atoms with Gasteiger partial charge in [0.15, 0.2) is 0 Å². The van der Waals surface area contributed by atoms with Crippen molar-refractivity contribution in [3.05, 3.63) is 24.4 Å². The maximum Gasteiger partial charge on any atom is 0.322 e. The van der Waals surface area contributed by atoms with Crippen molar-refractivity contribution in [2.45, 2.75) is 13.5 Å². The summed E-state index contributed by atoms with van der Waals surface area (Å²) in [5.41, 5.74) is 0. The highest BCUT2D eigenvalue weighted by atomic mass is 19.3. The maximum atomic E-state index is 12.3. The van der Waals surface area contributed by atoms with Crippen LogP contribution in [0.4, 0.5) is 14.6 Å². The predicted molar refractivity (Wildman–Crippen MR) is 43.4 cm³/mol. The lowest BCUT2D eigenvalue weighted by molar-refractivity contribution is -0.119. The van der Waals surface area contributed by atoms with Crippen LogP contribution in [0.15, 0.2) is 24.4 Å². The molecule has 1 rings (SSSR count). The van der Waals surface area contributed by atoms with Gasteiger partial charge in [-0.1, -0.05) is 6.07 Å². The molecule has 0 saturated heterocycles. The van der Waals surface area contributed by atoms with Gasteiger partial charge in [-0.3, -0.25) is 4.79 Å². The number of rotatable bonds is 2. The SMILES string of the molecule is CC(=O)N(c1ccccn1)C(F)F. The number of halogens is 2. The smallest absolute Gasteiger partial charge is 0.275 e. The Balaban J connectivity index is 2.96. The molecule has 1 heterocycles. The Hall–Kier alpha value is -1.52. The molecule has 0 aliphatic carbocycles. The van der Waals surface area contributed by atoms with Crippen molar-refractivity contribution >= 4 is 11.7 Å². The van der Waals surface area contributed by atoms with Crippen molar-refractivity contribution in [3.63, 3.8) is 0 Å². The summed E-state index contributed by atoms with van der Waals surface area (Å²) in [7, 11) is 0. The highest BCUT2D eigenvalue weighted by molar-refractivity contribution is 5.90. The van der Waals surface area contributed by atoms with Crippen molar-refractivity contribution in [1.29, 1.82) is 0 Å². The van der Waals surface area contributed by atoms with Gasteiger partial charge in [0, 0.05) is 13.1 Å². The predicted octanol–water partition coefficient (Wildman–Crippen LogP) is 1.66. The van der Waals surface area contributed by atoms with Gasteiger partial charge in [0.05, 0.1) is 0 Å². The number of amides is 1. The minimum Gasteiger partial charge on any atom is -0.275 e. The van der Waals surface area contributed by atoms with E-state index in [2.05, 4.69) is 4.98 Å².